The van der Waals surface area contributed by atoms with E-state index in [4.69, 9.17) is 9.47 Å². The van der Waals surface area contributed by atoms with Crippen molar-refractivity contribution in [2.24, 2.45) is 4.99 Å². The van der Waals surface area contributed by atoms with Crippen LogP contribution < -0.4 is 5.32 Å². The molecule has 0 amide bonds. The zero-order chi connectivity index (χ0) is 16.2. The van der Waals surface area contributed by atoms with Gasteiger partial charge >= 0.3 is 5.97 Å². The van der Waals surface area contributed by atoms with Crippen molar-refractivity contribution in [3.05, 3.63) is 35.9 Å². The van der Waals surface area contributed by atoms with Crippen LogP contribution in [-0.2, 0) is 14.3 Å². The van der Waals surface area contributed by atoms with Gasteiger partial charge in [-0.15, -0.1) is 0 Å². The average Bonchev–Trinajstić information content (AvgIpc) is 2.98. The molecule has 1 aromatic rings. The molecule has 1 saturated heterocycles. The molecule has 0 aromatic heterocycles. The van der Waals surface area contributed by atoms with Crippen LogP contribution in [0.4, 0.5) is 0 Å². The molecule has 0 spiro atoms. The summed E-state index contributed by atoms with van der Waals surface area (Å²) in [6, 6.07) is 10.5. The first-order valence-corrected chi connectivity index (χ1v) is 8.13. The highest BCUT2D eigenvalue weighted by Gasteiger charge is 2.35. The Morgan fingerprint density at radius 2 is 2.22 bits per heavy atom. The maximum absolute atomic E-state index is 11.9. The van der Waals surface area contributed by atoms with Crippen LogP contribution in [0.1, 0.15) is 25.5 Å². The summed E-state index contributed by atoms with van der Waals surface area (Å²) < 4.78 is 11.2. The third kappa shape index (κ3) is 3.47. The van der Waals surface area contributed by atoms with Gasteiger partial charge in [0, 0.05) is 19.6 Å². The molecule has 2 heterocycles. The molecular formula is C17H23N3O3. The number of rotatable bonds is 3. The van der Waals surface area contributed by atoms with E-state index in [2.05, 4.69) is 29.4 Å². The van der Waals surface area contributed by atoms with E-state index in [0.717, 1.165) is 12.1 Å². The van der Waals surface area contributed by atoms with E-state index in [9.17, 15) is 4.79 Å². The molecule has 2 aliphatic rings. The van der Waals surface area contributed by atoms with E-state index in [1.807, 2.05) is 30.0 Å². The van der Waals surface area contributed by atoms with Gasteiger partial charge in [-0.25, -0.2) is 4.99 Å². The molecule has 124 valence electrons. The van der Waals surface area contributed by atoms with E-state index in [1.54, 1.807) is 0 Å². The minimum atomic E-state index is -0.332. The van der Waals surface area contributed by atoms with E-state index in [0.29, 0.717) is 25.7 Å². The van der Waals surface area contributed by atoms with Crippen molar-refractivity contribution in [1.82, 2.24) is 10.2 Å². The maximum atomic E-state index is 11.9. The van der Waals surface area contributed by atoms with Gasteiger partial charge in [-0.3, -0.25) is 4.79 Å². The first kappa shape index (κ1) is 15.8. The molecule has 6 nitrogen and oxygen atoms in total. The van der Waals surface area contributed by atoms with Crippen LogP contribution >= 0.6 is 0 Å². The second-order valence-corrected chi connectivity index (χ2v) is 5.81. The quantitative estimate of drug-likeness (QED) is 0.853. The molecule has 1 N–H and O–H groups in total. The van der Waals surface area contributed by atoms with Crippen molar-refractivity contribution in [2.45, 2.75) is 32.0 Å². The first-order chi connectivity index (χ1) is 11.2. The molecule has 3 rings (SSSR count). The summed E-state index contributed by atoms with van der Waals surface area (Å²) in [5.74, 6) is -0.219. The molecule has 3 atom stereocenters. The maximum Gasteiger partial charge on any atom is 0.324 e. The molecule has 0 radical (unpaired) electrons. The van der Waals surface area contributed by atoms with Gasteiger partial charge in [0.25, 0.3) is 6.02 Å². The lowest BCUT2D eigenvalue weighted by Crippen LogP contribution is -2.56. The summed E-state index contributed by atoms with van der Waals surface area (Å²) in [4.78, 5) is 18.6. The van der Waals surface area contributed by atoms with Crippen molar-refractivity contribution >= 4 is 12.0 Å². The summed E-state index contributed by atoms with van der Waals surface area (Å²) in [5.41, 5.74) is 1.12. The van der Waals surface area contributed by atoms with Crippen LogP contribution in [0.3, 0.4) is 0 Å². The second kappa shape index (κ2) is 7.00. The summed E-state index contributed by atoms with van der Waals surface area (Å²) >= 11 is 0. The number of nitrogens with one attached hydrogen (secondary N) is 1. The predicted octanol–water partition coefficient (Wildman–Crippen LogP) is 1.34. The Balaban J connectivity index is 1.66. The minimum Gasteiger partial charge on any atom is -0.465 e. The van der Waals surface area contributed by atoms with Crippen LogP contribution in [0.2, 0.25) is 0 Å². The fourth-order valence-electron chi connectivity index (χ4n) is 2.95. The molecule has 0 saturated carbocycles. The molecule has 2 aliphatic heterocycles. The van der Waals surface area contributed by atoms with Crippen molar-refractivity contribution in [1.29, 1.82) is 0 Å². The number of benzene rings is 1. The number of nitrogens with zero attached hydrogens (tertiary/aromatic N) is 2. The van der Waals surface area contributed by atoms with Crippen molar-refractivity contribution in [3.63, 3.8) is 0 Å². The van der Waals surface area contributed by atoms with Gasteiger partial charge in [0.15, 0.2) is 0 Å². The smallest absolute Gasteiger partial charge is 0.324 e. The van der Waals surface area contributed by atoms with Crippen molar-refractivity contribution in [3.8, 4) is 0 Å². The summed E-state index contributed by atoms with van der Waals surface area (Å²) in [5, 5.41) is 3.18. The van der Waals surface area contributed by atoms with Gasteiger partial charge < -0.3 is 19.7 Å². The van der Waals surface area contributed by atoms with Crippen molar-refractivity contribution in [2.75, 3.05) is 26.2 Å². The summed E-state index contributed by atoms with van der Waals surface area (Å²) in [6.45, 7) is 6.25. The molecular weight excluding hydrogens is 294 g/mol. The van der Waals surface area contributed by atoms with E-state index >= 15 is 0 Å². The minimum absolute atomic E-state index is 0.0586. The largest absolute Gasteiger partial charge is 0.465 e. The standard InChI is InChI=1S/C17H23N3O3/c1-3-22-16(21)14-11-20(10-9-18-14)17-19-12(2)15(23-17)13-7-5-4-6-8-13/h4-8,12,14-15,18H,3,9-11H2,1-2H3/t12-,14-,15+/m0/s1. The van der Waals surface area contributed by atoms with Gasteiger partial charge in [0.2, 0.25) is 0 Å². The van der Waals surface area contributed by atoms with Crippen LogP contribution in [0, 0.1) is 0 Å². The summed E-state index contributed by atoms with van der Waals surface area (Å²) in [6.07, 6.45) is -0.0675. The lowest BCUT2D eigenvalue weighted by molar-refractivity contribution is -0.146. The zero-order valence-electron chi connectivity index (χ0n) is 13.6. The highest BCUT2D eigenvalue weighted by molar-refractivity contribution is 5.80. The number of hydrogen-bond acceptors (Lipinski definition) is 6. The normalized spacial score (nSPS) is 27.3. The van der Waals surface area contributed by atoms with Crippen molar-refractivity contribution < 1.29 is 14.3 Å². The van der Waals surface area contributed by atoms with Gasteiger partial charge in [0.1, 0.15) is 12.1 Å². The Bertz CT molecular complexity index is 576. The SMILES string of the molecule is CCOC(=O)[C@@H]1CN(C2=N[C@@H](C)[C@H](c3ccccc3)O2)CCN1. The Morgan fingerprint density at radius 1 is 1.43 bits per heavy atom. The third-order valence-corrected chi connectivity index (χ3v) is 4.13. The molecule has 1 aromatic carbocycles. The zero-order valence-corrected chi connectivity index (χ0v) is 13.6. The van der Waals surface area contributed by atoms with Gasteiger partial charge in [-0.2, -0.15) is 0 Å². The number of hydrogen-bond donors (Lipinski definition) is 1. The number of esters is 1. The average molecular weight is 317 g/mol. The molecule has 0 unspecified atom stereocenters. The highest BCUT2D eigenvalue weighted by Crippen LogP contribution is 2.29. The second-order valence-electron chi connectivity index (χ2n) is 5.81. The Labute approximate surface area is 136 Å². The van der Waals surface area contributed by atoms with Crippen LogP contribution in [-0.4, -0.2) is 55.2 Å². The molecule has 0 aliphatic carbocycles. The number of aliphatic imine (C=N–C) groups is 1. The Morgan fingerprint density at radius 3 is 2.96 bits per heavy atom. The van der Waals surface area contributed by atoms with Gasteiger partial charge in [-0.05, 0) is 19.4 Å². The van der Waals surface area contributed by atoms with Gasteiger partial charge in [-0.1, -0.05) is 30.3 Å². The highest BCUT2D eigenvalue weighted by atomic mass is 16.5. The lowest BCUT2D eigenvalue weighted by Gasteiger charge is -2.33. The number of piperazine rings is 1. The number of carbonyl (C=O) groups excluding carboxylic acids is 1. The molecule has 6 heteroatoms. The number of ether oxygens (including phenoxy) is 2. The topological polar surface area (TPSA) is 63.2 Å². The van der Waals surface area contributed by atoms with E-state index in [1.165, 1.54) is 0 Å². The van der Waals surface area contributed by atoms with Crippen LogP contribution in [0.25, 0.3) is 0 Å². The lowest BCUT2D eigenvalue weighted by atomic mass is 10.0. The monoisotopic (exact) mass is 317 g/mol. The summed E-state index contributed by atoms with van der Waals surface area (Å²) in [7, 11) is 0. The molecule has 23 heavy (non-hydrogen) atoms. The first-order valence-electron chi connectivity index (χ1n) is 8.13. The number of amidine groups is 1. The Hall–Kier alpha value is -2.08. The fraction of sp³-hybridized carbons (Fsp3) is 0.529. The molecule has 0 bridgehead atoms. The predicted molar refractivity (Wildman–Crippen MR) is 87.2 cm³/mol. The third-order valence-electron chi connectivity index (χ3n) is 4.13. The van der Waals surface area contributed by atoms with E-state index in [-0.39, 0.29) is 24.2 Å². The van der Waals surface area contributed by atoms with E-state index < -0.39 is 0 Å². The number of carbonyl (C=O) groups is 1. The van der Waals surface area contributed by atoms with Gasteiger partial charge in [0.05, 0.1) is 12.6 Å². The van der Waals surface area contributed by atoms with Crippen LogP contribution in [0.15, 0.2) is 35.3 Å². The molecule has 1 fully saturated rings. The fourth-order valence-corrected chi connectivity index (χ4v) is 2.95. The van der Waals surface area contributed by atoms with Crippen LogP contribution in [0.5, 0.6) is 0 Å². The Kier molecular flexibility index (Phi) is 4.81.